The molecule has 0 fully saturated rings. The molecule has 0 radical (unpaired) electrons. The van der Waals surface area contributed by atoms with E-state index in [1.165, 1.54) is 11.1 Å². The molecule has 1 nitrogen and oxygen atoms in total. The molecule has 0 amide bonds. The van der Waals surface area contributed by atoms with Crippen molar-refractivity contribution in [3.63, 3.8) is 0 Å². The summed E-state index contributed by atoms with van der Waals surface area (Å²) < 4.78 is 0. The fourth-order valence-electron chi connectivity index (χ4n) is 2.28. The van der Waals surface area contributed by atoms with Crippen molar-refractivity contribution >= 4 is 0 Å². The van der Waals surface area contributed by atoms with E-state index in [2.05, 4.69) is 79.4 Å². The molecule has 0 heterocycles. The van der Waals surface area contributed by atoms with Gasteiger partial charge in [-0.3, -0.25) is 4.90 Å². The Morgan fingerprint density at radius 3 is 1.95 bits per heavy atom. The normalized spacial score (nSPS) is 11.9. The molecular weight excluding hydrogens is 230 g/mol. The lowest BCUT2D eigenvalue weighted by Crippen LogP contribution is -2.26. The molecule has 102 valence electrons. The lowest BCUT2D eigenvalue weighted by molar-refractivity contribution is 0.213. The van der Waals surface area contributed by atoms with Crippen LogP contribution in [0.4, 0.5) is 0 Å². The average Bonchev–Trinajstić information content (AvgIpc) is 2.46. The quantitative estimate of drug-likeness (QED) is 0.734. The second-order valence-electron chi connectivity index (χ2n) is 4.64. The molecule has 0 aliphatic rings. The highest BCUT2D eigenvalue weighted by atomic mass is 15.1. The minimum absolute atomic E-state index is 0. The van der Waals surface area contributed by atoms with Crippen LogP contribution in [0.5, 0.6) is 0 Å². The molecule has 0 saturated heterocycles. The van der Waals surface area contributed by atoms with Crippen molar-refractivity contribution in [3.8, 4) is 0 Å². The van der Waals surface area contributed by atoms with Crippen LogP contribution in [0.3, 0.4) is 0 Å². The third-order valence-corrected chi connectivity index (χ3v) is 3.46. The SMILES string of the molecule is C.CCN(Cc1ccccc1)[C@@H](C)c1ccccc1. The van der Waals surface area contributed by atoms with Crippen LogP contribution >= 0.6 is 0 Å². The number of rotatable bonds is 5. The van der Waals surface area contributed by atoms with E-state index in [-0.39, 0.29) is 7.43 Å². The summed E-state index contributed by atoms with van der Waals surface area (Å²) >= 11 is 0. The predicted molar refractivity (Wildman–Crippen MR) is 84.1 cm³/mol. The van der Waals surface area contributed by atoms with Crippen molar-refractivity contribution in [1.82, 2.24) is 4.90 Å². The highest BCUT2D eigenvalue weighted by Gasteiger charge is 2.13. The fourth-order valence-corrected chi connectivity index (χ4v) is 2.28. The molecule has 0 spiro atoms. The van der Waals surface area contributed by atoms with Crippen LogP contribution in [0, 0.1) is 0 Å². The van der Waals surface area contributed by atoms with Crippen molar-refractivity contribution < 1.29 is 0 Å². The van der Waals surface area contributed by atoms with Crippen LogP contribution in [0.1, 0.15) is 38.4 Å². The standard InChI is InChI=1S/C17H21N.CH4/c1-3-18(14-16-10-6-4-7-11-16)15(2)17-12-8-5-9-13-17;/h4-13,15H,3,14H2,1-2H3;1H4/t15-;/m0./s1. The Morgan fingerprint density at radius 1 is 0.895 bits per heavy atom. The molecule has 2 rings (SSSR count). The summed E-state index contributed by atoms with van der Waals surface area (Å²) in [4.78, 5) is 2.49. The van der Waals surface area contributed by atoms with Gasteiger partial charge in [-0.1, -0.05) is 75.0 Å². The average molecular weight is 255 g/mol. The van der Waals surface area contributed by atoms with E-state index in [0.717, 1.165) is 13.1 Å². The summed E-state index contributed by atoms with van der Waals surface area (Å²) in [6.07, 6.45) is 0. The maximum atomic E-state index is 2.49. The molecule has 1 heteroatoms. The van der Waals surface area contributed by atoms with Gasteiger partial charge in [0.1, 0.15) is 0 Å². The number of nitrogens with zero attached hydrogens (tertiary/aromatic N) is 1. The zero-order valence-electron chi connectivity index (χ0n) is 11.2. The van der Waals surface area contributed by atoms with Gasteiger partial charge in [-0.2, -0.15) is 0 Å². The Labute approximate surface area is 117 Å². The van der Waals surface area contributed by atoms with Gasteiger partial charge in [-0.15, -0.1) is 0 Å². The third kappa shape index (κ3) is 4.22. The second kappa shape index (κ2) is 7.75. The smallest absolute Gasteiger partial charge is 0.0323 e. The maximum absolute atomic E-state index is 2.49. The van der Waals surface area contributed by atoms with Gasteiger partial charge in [0.2, 0.25) is 0 Å². The molecule has 19 heavy (non-hydrogen) atoms. The van der Waals surface area contributed by atoms with E-state index in [1.807, 2.05) is 0 Å². The minimum Gasteiger partial charge on any atom is -0.293 e. The molecule has 2 aromatic carbocycles. The first kappa shape index (κ1) is 15.5. The van der Waals surface area contributed by atoms with Crippen molar-refractivity contribution in [2.45, 2.75) is 33.9 Å². The third-order valence-electron chi connectivity index (χ3n) is 3.46. The summed E-state index contributed by atoms with van der Waals surface area (Å²) in [6, 6.07) is 21.8. The van der Waals surface area contributed by atoms with E-state index < -0.39 is 0 Å². The maximum Gasteiger partial charge on any atom is 0.0323 e. The van der Waals surface area contributed by atoms with Gasteiger partial charge in [0.25, 0.3) is 0 Å². The Kier molecular flexibility index (Phi) is 6.31. The molecule has 0 unspecified atom stereocenters. The first-order valence-electron chi connectivity index (χ1n) is 6.64. The Morgan fingerprint density at radius 2 is 1.42 bits per heavy atom. The molecule has 0 aliphatic carbocycles. The largest absolute Gasteiger partial charge is 0.293 e. The summed E-state index contributed by atoms with van der Waals surface area (Å²) in [5.74, 6) is 0. The van der Waals surface area contributed by atoms with Crippen LogP contribution in [0.15, 0.2) is 60.7 Å². The molecule has 1 atom stereocenters. The Balaban J connectivity index is 0.00000180. The number of hydrogen-bond donors (Lipinski definition) is 0. The molecule has 0 aliphatic heterocycles. The van der Waals surface area contributed by atoms with Gasteiger partial charge in [0.15, 0.2) is 0 Å². The van der Waals surface area contributed by atoms with Crippen molar-refractivity contribution in [3.05, 3.63) is 71.8 Å². The van der Waals surface area contributed by atoms with Crippen LogP contribution in [-0.2, 0) is 6.54 Å². The van der Waals surface area contributed by atoms with Gasteiger partial charge in [0, 0.05) is 12.6 Å². The lowest BCUT2D eigenvalue weighted by atomic mass is 10.1. The summed E-state index contributed by atoms with van der Waals surface area (Å²) in [7, 11) is 0. The van der Waals surface area contributed by atoms with E-state index in [0.29, 0.717) is 6.04 Å². The summed E-state index contributed by atoms with van der Waals surface area (Å²) in [5, 5.41) is 0. The Bertz CT molecular complexity index is 450. The van der Waals surface area contributed by atoms with E-state index in [4.69, 9.17) is 0 Å². The summed E-state index contributed by atoms with van der Waals surface area (Å²) in [6.45, 7) is 6.57. The predicted octanol–water partition coefficient (Wildman–Crippen LogP) is 4.91. The zero-order valence-corrected chi connectivity index (χ0v) is 11.2. The van der Waals surface area contributed by atoms with Gasteiger partial charge >= 0.3 is 0 Å². The highest BCUT2D eigenvalue weighted by molar-refractivity contribution is 5.19. The molecule has 0 aromatic heterocycles. The van der Waals surface area contributed by atoms with E-state index in [9.17, 15) is 0 Å². The Hall–Kier alpha value is -1.60. The summed E-state index contributed by atoms with van der Waals surface area (Å²) in [5.41, 5.74) is 2.76. The van der Waals surface area contributed by atoms with Crippen molar-refractivity contribution in [2.75, 3.05) is 6.54 Å². The van der Waals surface area contributed by atoms with Crippen molar-refractivity contribution in [1.29, 1.82) is 0 Å². The second-order valence-corrected chi connectivity index (χ2v) is 4.64. The van der Waals surface area contributed by atoms with Crippen molar-refractivity contribution in [2.24, 2.45) is 0 Å². The molecule has 2 aromatic rings. The van der Waals surface area contributed by atoms with E-state index >= 15 is 0 Å². The molecule has 0 saturated carbocycles. The zero-order chi connectivity index (χ0) is 12.8. The van der Waals surface area contributed by atoms with Gasteiger partial charge in [-0.25, -0.2) is 0 Å². The number of hydrogen-bond acceptors (Lipinski definition) is 1. The van der Waals surface area contributed by atoms with Crippen LogP contribution in [-0.4, -0.2) is 11.4 Å². The lowest BCUT2D eigenvalue weighted by Gasteiger charge is -2.28. The van der Waals surface area contributed by atoms with Crippen LogP contribution < -0.4 is 0 Å². The van der Waals surface area contributed by atoms with Crippen LogP contribution in [0.25, 0.3) is 0 Å². The fraction of sp³-hybridized carbons (Fsp3) is 0.333. The number of benzene rings is 2. The molecule has 0 bridgehead atoms. The highest BCUT2D eigenvalue weighted by Crippen LogP contribution is 2.21. The van der Waals surface area contributed by atoms with E-state index in [1.54, 1.807) is 0 Å². The van der Waals surface area contributed by atoms with Gasteiger partial charge < -0.3 is 0 Å². The molecular formula is C18H25N. The monoisotopic (exact) mass is 255 g/mol. The van der Waals surface area contributed by atoms with Gasteiger partial charge in [-0.05, 0) is 24.6 Å². The molecule has 0 N–H and O–H groups in total. The van der Waals surface area contributed by atoms with Gasteiger partial charge in [0.05, 0.1) is 0 Å². The minimum atomic E-state index is 0. The topological polar surface area (TPSA) is 3.24 Å². The first-order chi connectivity index (χ1) is 8.81. The first-order valence-corrected chi connectivity index (χ1v) is 6.64. The van der Waals surface area contributed by atoms with Crippen LogP contribution in [0.2, 0.25) is 0 Å².